The Morgan fingerprint density at radius 2 is 1.97 bits per heavy atom. The van der Waals surface area contributed by atoms with Gasteiger partial charge in [0.15, 0.2) is 0 Å². The zero-order valence-electron chi connectivity index (χ0n) is 20.5. The zero-order valence-corrected chi connectivity index (χ0v) is 21.3. The highest BCUT2D eigenvalue weighted by molar-refractivity contribution is 7.89. The van der Waals surface area contributed by atoms with Gasteiger partial charge in [0, 0.05) is 13.1 Å². The van der Waals surface area contributed by atoms with Crippen LogP contribution in [0.25, 0.3) is 11.8 Å². The number of aliphatic hydroxyl groups excluding tert-OH is 1. The lowest BCUT2D eigenvalue weighted by Gasteiger charge is -2.38. The van der Waals surface area contributed by atoms with Gasteiger partial charge < -0.3 is 10.8 Å². The van der Waals surface area contributed by atoms with Crippen molar-refractivity contribution < 1.29 is 22.7 Å². The number of benzene rings is 2. The molecular formula is C27H29FN4O4S. The van der Waals surface area contributed by atoms with Crippen molar-refractivity contribution in [2.24, 2.45) is 17.1 Å². The average Bonchev–Trinajstić information content (AvgIpc) is 3.42. The van der Waals surface area contributed by atoms with Gasteiger partial charge in [-0.3, -0.25) is 4.79 Å². The van der Waals surface area contributed by atoms with E-state index in [9.17, 15) is 22.7 Å². The summed E-state index contributed by atoms with van der Waals surface area (Å²) in [6, 6.07) is 12.1. The van der Waals surface area contributed by atoms with Crippen LogP contribution in [0.15, 0.2) is 65.2 Å². The fourth-order valence-electron chi connectivity index (χ4n) is 5.72. The molecule has 37 heavy (non-hydrogen) atoms. The molecule has 5 rings (SSSR count). The third-order valence-corrected chi connectivity index (χ3v) is 9.69. The maximum absolute atomic E-state index is 13.6. The summed E-state index contributed by atoms with van der Waals surface area (Å²) >= 11 is 0. The fraction of sp³-hybridized carbons (Fsp3) is 0.333. The molecule has 0 unspecified atom stereocenters. The number of hydrogen-bond acceptors (Lipinski definition) is 5. The highest BCUT2D eigenvalue weighted by Gasteiger charge is 2.47. The largest absolute Gasteiger partial charge is 0.395 e. The normalized spacial score (nSPS) is 21.0. The number of carbonyl (C=O) groups is 1. The first-order valence-corrected chi connectivity index (χ1v) is 13.6. The van der Waals surface area contributed by atoms with E-state index in [1.165, 1.54) is 34.1 Å². The van der Waals surface area contributed by atoms with E-state index in [4.69, 9.17) is 5.73 Å². The van der Waals surface area contributed by atoms with Crippen molar-refractivity contribution in [1.82, 2.24) is 14.1 Å². The Labute approximate surface area is 215 Å². The molecule has 8 nitrogen and oxygen atoms in total. The van der Waals surface area contributed by atoms with Gasteiger partial charge in [-0.2, -0.15) is 9.40 Å². The third kappa shape index (κ3) is 4.39. The summed E-state index contributed by atoms with van der Waals surface area (Å²) in [5.41, 5.74) is 9.06. The van der Waals surface area contributed by atoms with E-state index < -0.39 is 15.9 Å². The molecule has 0 aliphatic heterocycles. The lowest BCUT2D eigenvalue weighted by molar-refractivity contribution is 0.0997. The number of primary amides is 1. The quantitative estimate of drug-likeness (QED) is 0.469. The van der Waals surface area contributed by atoms with Crippen LogP contribution < -0.4 is 5.73 Å². The molecule has 0 radical (unpaired) electrons. The molecule has 2 aliphatic rings. The lowest BCUT2D eigenvalue weighted by atomic mass is 9.70. The number of allylic oxidation sites excluding steroid dienone is 1. The number of aromatic nitrogens is 2. The number of fused-ring (bicyclic) bond motifs is 2. The standard InChI is InChI=1S/C27H29FN4O4S/c1-27-15-18-16-30-32(22-10-8-21(28)9-11-22)24(18)14-19(27)6-7-20(27)17-31(12-13-33)37(35,36)25-5-3-2-4-23(25)26(29)34/h2-5,8-11,14,16,20,33H,6-7,12-13,15,17H2,1H3,(H2,29,34)/t20-,27+/m1/s1. The fourth-order valence-corrected chi connectivity index (χ4v) is 7.39. The molecule has 0 saturated heterocycles. The monoisotopic (exact) mass is 524 g/mol. The molecule has 0 spiro atoms. The van der Waals surface area contributed by atoms with Crippen LogP contribution in [0.3, 0.4) is 0 Å². The van der Waals surface area contributed by atoms with Crippen molar-refractivity contribution >= 4 is 22.0 Å². The van der Waals surface area contributed by atoms with Crippen LogP contribution >= 0.6 is 0 Å². The molecule has 1 heterocycles. The van der Waals surface area contributed by atoms with Crippen LogP contribution in [0, 0.1) is 17.2 Å². The van der Waals surface area contributed by atoms with Gasteiger partial charge in [0.25, 0.3) is 0 Å². The molecule has 1 fully saturated rings. The molecule has 3 N–H and O–H groups in total. The Hall–Kier alpha value is -3.34. The second kappa shape index (κ2) is 9.51. The van der Waals surface area contributed by atoms with E-state index in [0.29, 0.717) is 6.42 Å². The Morgan fingerprint density at radius 1 is 1.24 bits per heavy atom. The number of sulfonamides is 1. The summed E-state index contributed by atoms with van der Waals surface area (Å²) < 4.78 is 43.8. The first-order valence-electron chi connectivity index (χ1n) is 12.2. The summed E-state index contributed by atoms with van der Waals surface area (Å²) in [6.45, 7) is 1.91. The van der Waals surface area contributed by atoms with Crippen LogP contribution in [-0.4, -0.2) is 53.2 Å². The Morgan fingerprint density at radius 3 is 2.68 bits per heavy atom. The molecule has 2 aromatic carbocycles. The van der Waals surface area contributed by atoms with Crippen LogP contribution in [0.1, 0.15) is 41.4 Å². The van der Waals surface area contributed by atoms with Gasteiger partial charge in [-0.05, 0) is 78.6 Å². The van der Waals surface area contributed by atoms with Gasteiger partial charge in [0.1, 0.15) is 5.82 Å². The number of nitrogens with two attached hydrogens (primary N) is 1. The molecule has 1 amide bonds. The maximum atomic E-state index is 13.6. The molecule has 1 saturated carbocycles. The van der Waals surface area contributed by atoms with Gasteiger partial charge in [-0.25, -0.2) is 17.5 Å². The summed E-state index contributed by atoms with van der Waals surface area (Å²) in [5, 5.41) is 14.3. The van der Waals surface area contributed by atoms with Crippen LogP contribution in [-0.2, 0) is 16.4 Å². The van der Waals surface area contributed by atoms with Gasteiger partial charge in [0.2, 0.25) is 15.9 Å². The minimum Gasteiger partial charge on any atom is -0.395 e. The van der Waals surface area contributed by atoms with E-state index in [1.54, 1.807) is 28.9 Å². The number of carbonyl (C=O) groups excluding carboxylic acids is 1. The van der Waals surface area contributed by atoms with Crippen molar-refractivity contribution in [3.8, 4) is 5.69 Å². The second-order valence-electron chi connectivity index (χ2n) is 9.89. The van der Waals surface area contributed by atoms with Crippen molar-refractivity contribution in [1.29, 1.82) is 0 Å². The number of halogens is 1. The molecule has 3 aromatic rings. The number of amides is 1. The Balaban J connectivity index is 1.45. The van der Waals surface area contributed by atoms with Gasteiger partial charge in [-0.15, -0.1) is 0 Å². The highest BCUT2D eigenvalue weighted by Crippen LogP contribution is 2.53. The molecule has 10 heteroatoms. The smallest absolute Gasteiger partial charge is 0.250 e. The molecule has 194 valence electrons. The van der Waals surface area contributed by atoms with Crippen molar-refractivity contribution in [3.63, 3.8) is 0 Å². The number of nitrogens with zero attached hydrogens (tertiary/aromatic N) is 3. The van der Waals surface area contributed by atoms with Crippen LogP contribution in [0.4, 0.5) is 4.39 Å². The van der Waals surface area contributed by atoms with E-state index >= 15 is 0 Å². The summed E-state index contributed by atoms with van der Waals surface area (Å²) in [6.07, 6.45) is 6.22. The van der Waals surface area contributed by atoms with E-state index in [0.717, 1.165) is 29.8 Å². The maximum Gasteiger partial charge on any atom is 0.250 e. The predicted molar refractivity (Wildman–Crippen MR) is 137 cm³/mol. The van der Waals surface area contributed by atoms with Crippen molar-refractivity contribution in [2.75, 3.05) is 19.7 Å². The van der Waals surface area contributed by atoms with Crippen molar-refractivity contribution in [3.05, 3.63) is 82.9 Å². The Bertz CT molecular complexity index is 1480. The number of aliphatic hydroxyl groups is 1. The molecule has 2 atom stereocenters. The Kier molecular flexibility index (Phi) is 6.51. The zero-order chi connectivity index (χ0) is 26.4. The second-order valence-corrected chi connectivity index (χ2v) is 11.8. The molecule has 0 bridgehead atoms. The van der Waals surface area contributed by atoms with Gasteiger partial charge >= 0.3 is 0 Å². The predicted octanol–water partition coefficient (Wildman–Crippen LogP) is 3.15. The number of hydrogen-bond donors (Lipinski definition) is 2. The van der Waals surface area contributed by atoms with Crippen LogP contribution in [0.5, 0.6) is 0 Å². The number of rotatable bonds is 8. The van der Waals surface area contributed by atoms with Crippen molar-refractivity contribution in [2.45, 2.75) is 31.1 Å². The first kappa shape index (κ1) is 25.3. The van der Waals surface area contributed by atoms with E-state index in [1.807, 2.05) is 6.20 Å². The van der Waals surface area contributed by atoms with Gasteiger partial charge in [0.05, 0.1) is 34.6 Å². The summed E-state index contributed by atoms with van der Waals surface area (Å²) in [5.74, 6) is -1.14. The summed E-state index contributed by atoms with van der Waals surface area (Å²) in [7, 11) is -4.08. The average molecular weight is 525 g/mol. The molecular weight excluding hydrogens is 495 g/mol. The third-order valence-electron chi connectivity index (χ3n) is 7.77. The van der Waals surface area contributed by atoms with E-state index in [2.05, 4.69) is 18.1 Å². The van der Waals surface area contributed by atoms with E-state index in [-0.39, 0.29) is 47.3 Å². The minimum absolute atomic E-state index is 0.0110. The lowest BCUT2D eigenvalue weighted by Crippen LogP contribution is -2.42. The van der Waals surface area contributed by atoms with Gasteiger partial charge in [-0.1, -0.05) is 24.6 Å². The minimum atomic E-state index is -4.08. The first-order chi connectivity index (χ1) is 17.6. The topological polar surface area (TPSA) is 119 Å². The SMILES string of the molecule is C[C@]12Cc3cnn(-c4ccc(F)cc4)c3C=C1CC[C@@H]2CN(CCO)S(=O)(=O)c1ccccc1C(N)=O. The highest BCUT2D eigenvalue weighted by atomic mass is 32.2. The molecule has 1 aromatic heterocycles. The molecule has 2 aliphatic carbocycles. The summed E-state index contributed by atoms with van der Waals surface area (Å²) in [4.78, 5) is 11.8. The van der Waals surface area contributed by atoms with Crippen LogP contribution in [0.2, 0.25) is 0 Å².